The molecule has 0 aromatic heterocycles. The first-order chi connectivity index (χ1) is 24.5. The molecule has 0 saturated heterocycles. The molecule has 3 aromatic carbocycles. The van der Waals surface area contributed by atoms with Crippen LogP contribution in [0.15, 0.2) is 42.5 Å². The fraction of sp³-hybridized carbons (Fsp3) is 0.696. The molecule has 3 aromatic rings. The second-order valence-corrected chi connectivity index (χ2v) is 17.9. The van der Waals surface area contributed by atoms with E-state index in [1.54, 1.807) is 0 Å². The molecule has 0 fully saturated rings. The van der Waals surface area contributed by atoms with E-state index in [9.17, 15) is 0 Å². The minimum Gasteiger partial charge on any atom is -0.491 e. The van der Waals surface area contributed by atoms with Crippen LogP contribution >= 0.6 is 23.5 Å². The maximum Gasteiger partial charge on any atom is 0.135 e. The molecule has 0 N–H and O–H groups in total. The molecular weight excluding hydrogens is 649 g/mol. The van der Waals surface area contributed by atoms with E-state index in [0.29, 0.717) is 0 Å². The smallest absolute Gasteiger partial charge is 0.135 e. The molecule has 0 radical (unpaired) electrons. The Hall–Kier alpha value is -1.52. The highest BCUT2D eigenvalue weighted by atomic mass is 32.2. The first-order valence-corrected chi connectivity index (χ1v) is 23.2. The van der Waals surface area contributed by atoms with E-state index in [2.05, 4.69) is 77.1 Å². The molecule has 4 heteroatoms. The monoisotopic (exact) mass is 723 g/mol. The highest BCUT2D eigenvalue weighted by Gasteiger charge is 2.20. The van der Waals surface area contributed by atoms with Crippen molar-refractivity contribution in [2.24, 2.45) is 0 Å². The lowest BCUT2D eigenvalue weighted by atomic mass is 9.85. The molecular formula is C46H74O2S2. The first-order valence-electron chi connectivity index (χ1n) is 20.9. The molecule has 50 heavy (non-hydrogen) atoms. The van der Waals surface area contributed by atoms with Gasteiger partial charge in [0.1, 0.15) is 11.5 Å². The number of rotatable bonds is 30. The van der Waals surface area contributed by atoms with Gasteiger partial charge in [-0.2, -0.15) is 23.5 Å². The minimum absolute atomic E-state index is 0.0638. The Balaban J connectivity index is 1.49. The van der Waals surface area contributed by atoms with Gasteiger partial charge in [-0.05, 0) is 41.4 Å². The zero-order valence-electron chi connectivity index (χ0n) is 33.1. The third kappa shape index (κ3) is 16.4. The number of hydrogen-bond acceptors (Lipinski definition) is 4. The summed E-state index contributed by atoms with van der Waals surface area (Å²) in [6.07, 6.45) is 27.9. The Morgan fingerprint density at radius 1 is 0.440 bits per heavy atom. The molecule has 0 aliphatic heterocycles. The van der Waals surface area contributed by atoms with Crippen LogP contribution < -0.4 is 9.47 Å². The summed E-state index contributed by atoms with van der Waals surface area (Å²) in [5.41, 5.74) is 1.40. The van der Waals surface area contributed by atoms with E-state index in [-0.39, 0.29) is 5.41 Å². The standard InChI is InChI=1S/C46H74O2S2/c1-6-8-10-12-14-16-18-20-22-26-34-49-36-32-47-44-40-28-24-25-29-41(40)45(43-38-39(46(3,4)5)30-31-42(43)44)48-33-37-50-35-27-23-21-19-17-15-13-11-9-7-2/h24-25,28-31,38H,6-23,26-27,32-37H2,1-5H3. The molecule has 0 bridgehead atoms. The number of ether oxygens (including phenoxy) is 2. The number of fused-ring (bicyclic) bond motifs is 2. The maximum absolute atomic E-state index is 6.70. The molecule has 0 unspecified atom stereocenters. The van der Waals surface area contributed by atoms with Gasteiger partial charge in [-0.1, -0.05) is 187 Å². The number of thioether (sulfide) groups is 2. The summed E-state index contributed by atoms with van der Waals surface area (Å²) in [7, 11) is 0. The summed E-state index contributed by atoms with van der Waals surface area (Å²) in [5, 5.41) is 4.68. The second kappa shape index (κ2) is 26.3. The Kier molecular flexibility index (Phi) is 22.5. The highest BCUT2D eigenvalue weighted by molar-refractivity contribution is 7.99. The van der Waals surface area contributed by atoms with E-state index < -0.39 is 0 Å². The number of unbranched alkanes of at least 4 members (excludes halogenated alkanes) is 18. The van der Waals surface area contributed by atoms with E-state index in [1.165, 1.54) is 162 Å². The van der Waals surface area contributed by atoms with Crippen LogP contribution in [0.2, 0.25) is 0 Å². The maximum atomic E-state index is 6.70. The second-order valence-electron chi connectivity index (χ2n) is 15.5. The van der Waals surface area contributed by atoms with Crippen molar-refractivity contribution >= 4 is 45.1 Å². The van der Waals surface area contributed by atoms with Crippen LogP contribution in [-0.4, -0.2) is 36.2 Å². The van der Waals surface area contributed by atoms with Crippen LogP contribution in [-0.2, 0) is 5.41 Å². The largest absolute Gasteiger partial charge is 0.491 e. The van der Waals surface area contributed by atoms with Crippen LogP contribution in [0.25, 0.3) is 21.5 Å². The Labute approximate surface area is 317 Å². The SMILES string of the molecule is CCCCCCCCCCCCSCCOc1c2ccccc2c(OCCSCCCCCCCCCCCC)c2cc(C(C)(C)C)ccc12. The van der Waals surface area contributed by atoms with Crippen molar-refractivity contribution in [1.82, 2.24) is 0 Å². The Bertz CT molecular complexity index is 1300. The first kappa shape index (κ1) is 42.9. The third-order valence-electron chi connectivity index (χ3n) is 10.0. The molecule has 0 aliphatic carbocycles. The molecule has 3 rings (SSSR count). The molecule has 0 amide bonds. The lowest BCUT2D eigenvalue weighted by molar-refractivity contribution is 0.346. The van der Waals surface area contributed by atoms with Crippen molar-refractivity contribution in [3.05, 3.63) is 48.0 Å². The van der Waals surface area contributed by atoms with Crippen molar-refractivity contribution in [2.75, 3.05) is 36.2 Å². The van der Waals surface area contributed by atoms with E-state index in [1.807, 2.05) is 23.5 Å². The third-order valence-corrected chi connectivity index (χ3v) is 12.1. The fourth-order valence-corrected chi connectivity index (χ4v) is 8.50. The number of hydrogen-bond donors (Lipinski definition) is 0. The molecule has 282 valence electrons. The normalized spacial score (nSPS) is 11.9. The van der Waals surface area contributed by atoms with Crippen LogP contribution in [0.1, 0.15) is 169 Å². The minimum atomic E-state index is 0.0638. The van der Waals surface area contributed by atoms with Crippen molar-refractivity contribution in [2.45, 2.75) is 168 Å². The lowest BCUT2D eigenvalue weighted by Gasteiger charge is -2.22. The zero-order valence-corrected chi connectivity index (χ0v) is 34.7. The molecule has 0 aliphatic rings. The van der Waals surface area contributed by atoms with Gasteiger partial charge in [0.25, 0.3) is 0 Å². The van der Waals surface area contributed by atoms with Gasteiger partial charge >= 0.3 is 0 Å². The van der Waals surface area contributed by atoms with E-state index >= 15 is 0 Å². The van der Waals surface area contributed by atoms with Crippen LogP contribution in [0.5, 0.6) is 11.5 Å². The highest BCUT2D eigenvalue weighted by Crippen LogP contribution is 2.44. The average molecular weight is 723 g/mol. The predicted molar refractivity (Wildman–Crippen MR) is 229 cm³/mol. The summed E-state index contributed by atoms with van der Waals surface area (Å²) in [5.74, 6) is 6.56. The van der Waals surface area contributed by atoms with Gasteiger partial charge in [0.15, 0.2) is 0 Å². The van der Waals surface area contributed by atoms with Gasteiger partial charge < -0.3 is 9.47 Å². The van der Waals surface area contributed by atoms with Crippen LogP contribution in [0.4, 0.5) is 0 Å². The summed E-state index contributed by atoms with van der Waals surface area (Å²) in [4.78, 5) is 0. The number of benzene rings is 3. The lowest BCUT2D eigenvalue weighted by Crippen LogP contribution is -2.11. The van der Waals surface area contributed by atoms with Gasteiger partial charge in [-0.25, -0.2) is 0 Å². The van der Waals surface area contributed by atoms with E-state index in [4.69, 9.17) is 9.47 Å². The topological polar surface area (TPSA) is 18.5 Å². The van der Waals surface area contributed by atoms with Crippen molar-refractivity contribution in [3.8, 4) is 11.5 Å². The average Bonchev–Trinajstić information content (AvgIpc) is 3.11. The Morgan fingerprint density at radius 3 is 1.24 bits per heavy atom. The quantitative estimate of drug-likeness (QED) is 0.0503. The van der Waals surface area contributed by atoms with Crippen molar-refractivity contribution in [1.29, 1.82) is 0 Å². The van der Waals surface area contributed by atoms with Crippen LogP contribution in [0, 0.1) is 0 Å². The van der Waals surface area contributed by atoms with Gasteiger partial charge in [0.05, 0.1) is 13.2 Å². The zero-order chi connectivity index (χ0) is 35.7. The molecule has 0 saturated carbocycles. The van der Waals surface area contributed by atoms with Gasteiger partial charge in [-0.3, -0.25) is 0 Å². The summed E-state index contributed by atoms with van der Waals surface area (Å²) in [6.45, 7) is 12.9. The predicted octanol–water partition coefficient (Wildman–Crippen LogP) is 15.4. The van der Waals surface area contributed by atoms with Gasteiger partial charge in [0.2, 0.25) is 0 Å². The van der Waals surface area contributed by atoms with Gasteiger partial charge in [0, 0.05) is 33.1 Å². The molecule has 0 heterocycles. The fourth-order valence-electron chi connectivity index (χ4n) is 6.87. The molecule has 2 nitrogen and oxygen atoms in total. The van der Waals surface area contributed by atoms with Crippen LogP contribution in [0.3, 0.4) is 0 Å². The summed E-state index contributed by atoms with van der Waals surface area (Å²) < 4.78 is 13.4. The molecule has 0 spiro atoms. The summed E-state index contributed by atoms with van der Waals surface area (Å²) >= 11 is 4.09. The van der Waals surface area contributed by atoms with E-state index in [0.717, 1.165) is 41.6 Å². The van der Waals surface area contributed by atoms with Crippen molar-refractivity contribution < 1.29 is 9.47 Å². The Morgan fingerprint density at radius 2 is 0.820 bits per heavy atom. The summed E-state index contributed by atoms with van der Waals surface area (Å²) in [6, 6.07) is 15.6. The molecule has 0 atom stereocenters. The van der Waals surface area contributed by atoms with Crippen molar-refractivity contribution in [3.63, 3.8) is 0 Å². The van der Waals surface area contributed by atoms with Gasteiger partial charge in [-0.15, -0.1) is 0 Å².